The Labute approximate surface area is 136 Å². The minimum absolute atomic E-state index is 0.246. The van der Waals surface area contributed by atoms with Crippen molar-refractivity contribution in [1.29, 1.82) is 5.26 Å². The molecule has 23 heavy (non-hydrogen) atoms. The van der Waals surface area contributed by atoms with Crippen molar-refractivity contribution in [1.82, 2.24) is 4.90 Å². The van der Waals surface area contributed by atoms with Crippen LogP contribution in [0.2, 0.25) is 0 Å². The van der Waals surface area contributed by atoms with Gasteiger partial charge in [-0.25, -0.2) is 8.78 Å². The highest BCUT2D eigenvalue weighted by Crippen LogP contribution is 2.41. The Bertz CT molecular complexity index is 615. The van der Waals surface area contributed by atoms with Gasteiger partial charge >= 0.3 is 0 Å². The number of nitrogens with zero attached hydrogens (tertiary/aromatic N) is 3. The van der Waals surface area contributed by atoms with Crippen LogP contribution in [-0.4, -0.2) is 37.6 Å². The van der Waals surface area contributed by atoms with E-state index < -0.39 is 17.2 Å². The van der Waals surface area contributed by atoms with Crippen LogP contribution >= 0.6 is 0 Å². The number of anilines is 1. The largest absolute Gasteiger partial charge is 0.371 e. The standard InChI is InChI=1S/C18H23F2N3/c1-13(2)10-22-5-3-18(11-22)4-6-23(12-18)14-7-16(19)15(9-21)17(20)8-14/h7-8,13H,3-6,10-12H2,1-2H3. The Balaban J connectivity index is 1.73. The van der Waals surface area contributed by atoms with E-state index in [-0.39, 0.29) is 5.41 Å². The van der Waals surface area contributed by atoms with E-state index >= 15 is 0 Å². The maximum atomic E-state index is 13.8. The van der Waals surface area contributed by atoms with E-state index in [1.54, 1.807) is 6.07 Å². The lowest BCUT2D eigenvalue weighted by Gasteiger charge is -2.26. The molecule has 0 radical (unpaired) electrons. The van der Waals surface area contributed by atoms with Crippen LogP contribution in [-0.2, 0) is 0 Å². The highest BCUT2D eigenvalue weighted by atomic mass is 19.1. The third-order valence-electron chi connectivity index (χ3n) is 5.08. The van der Waals surface area contributed by atoms with Crippen molar-refractivity contribution in [2.75, 3.05) is 37.6 Å². The quantitative estimate of drug-likeness (QED) is 0.855. The number of benzene rings is 1. The molecule has 1 aromatic carbocycles. The van der Waals surface area contributed by atoms with E-state index in [1.807, 2.05) is 0 Å². The normalized spacial score (nSPS) is 24.8. The number of hydrogen-bond donors (Lipinski definition) is 0. The molecule has 0 saturated carbocycles. The molecule has 0 amide bonds. The number of hydrogen-bond acceptors (Lipinski definition) is 3. The van der Waals surface area contributed by atoms with Crippen molar-refractivity contribution < 1.29 is 8.78 Å². The molecule has 1 unspecified atom stereocenters. The van der Waals surface area contributed by atoms with Crippen molar-refractivity contribution in [2.45, 2.75) is 26.7 Å². The summed E-state index contributed by atoms with van der Waals surface area (Å²) in [5.41, 5.74) is 0.306. The molecule has 1 atom stereocenters. The molecule has 0 aliphatic carbocycles. The van der Waals surface area contributed by atoms with E-state index in [0.717, 1.165) is 45.6 Å². The van der Waals surface area contributed by atoms with Crippen LogP contribution in [0.3, 0.4) is 0 Å². The Kier molecular flexibility index (Phi) is 4.29. The molecule has 0 bridgehead atoms. The summed E-state index contributed by atoms with van der Waals surface area (Å²) in [5.74, 6) is -0.878. The zero-order chi connectivity index (χ0) is 16.6. The summed E-state index contributed by atoms with van der Waals surface area (Å²) in [7, 11) is 0. The first kappa shape index (κ1) is 16.2. The van der Waals surface area contributed by atoms with Crippen molar-refractivity contribution in [3.05, 3.63) is 29.3 Å². The minimum Gasteiger partial charge on any atom is -0.371 e. The van der Waals surface area contributed by atoms with E-state index in [4.69, 9.17) is 5.26 Å². The number of likely N-dealkylation sites (tertiary alicyclic amines) is 1. The zero-order valence-electron chi connectivity index (χ0n) is 13.8. The monoisotopic (exact) mass is 319 g/mol. The molecule has 3 nitrogen and oxygen atoms in total. The van der Waals surface area contributed by atoms with Gasteiger partial charge in [0.15, 0.2) is 0 Å². The predicted octanol–water partition coefficient (Wildman–Crippen LogP) is 3.39. The fourth-order valence-electron chi connectivity index (χ4n) is 4.04. The molecular weight excluding hydrogens is 296 g/mol. The molecule has 2 fully saturated rings. The maximum Gasteiger partial charge on any atom is 0.146 e. The number of rotatable bonds is 3. The summed E-state index contributed by atoms with van der Waals surface area (Å²) >= 11 is 0. The van der Waals surface area contributed by atoms with Crippen LogP contribution in [0.1, 0.15) is 32.3 Å². The zero-order valence-corrected chi connectivity index (χ0v) is 13.8. The van der Waals surface area contributed by atoms with Gasteiger partial charge in [0.25, 0.3) is 0 Å². The maximum absolute atomic E-state index is 13.8. The number of nitriles is 1. The highest BCUT2D eigenvalue weighted by Gasteiger charge is 2.43. The molecule has 2 aliphatic rings. The molecule has 0 aromatic heterocycles. The highest BCUT2D eigenvalue weighted by molar-refractivity contribution is 5.52. The van der Waals surface area contributed by atoms with Gasteiger partial charge in [-0.15, -0.1) is 0 Å². The van der Waals surface area contributed by atoms with Crippen molar-refractivity contribution in [3.63, 3.8) is 0 Å². The fourth-order valence-corrected chi connectivity index (χ4v) is 4.04. The Morgan fingerprint density at radius 3 is 2.43 bits per heavy atom. The minimum atomic E-state index is -0.767. The smallest absolute Gasteiger partial charge is 0.146 e. The topological polar surface area (TPSA) is 30.3 Å². The number of halogens is 2. The van der Waals surface area contributed by atoms with E-state index in [1.165, 1.54) is 12.1 Å². The van der Waals surface area contributed by atoms with Crippen LogP contribution in [0.25, 0.3) is 0 Å². The van der Waals surface area contributed by atoms with Gasteiger partial charge in [0.05, 0.1) is 0 Å². The van der Waals surface area contributed by atoms with Gasteiger partial charge in [0.1, 0.15) is 23.3 Å². The molecule has 0 N–H and O–H groups in total. The van der Waals surface area contributed by atoms with Crippen LogP contribution in [0.5, 0.6) is 0 Å². The van der Waals surface area contributed by atoms with Crippen molar-refractivity contribution >= 4 is 5.69 Å². The molecule has 124 valence electrons. The average Bonchev–Trinajstić information content (AvgIpc) is 3.06. The van der Waals surface area contributed by atoms with Crippen LogP contribution in [0.4, 0.5) is 14.5 Å². The average molecular weight is 319 g/mol. The third kappa shape index (κ3) is 3.18. The molecule has 2 aliphatic heterocycles. The first-order valence-corrected chi connectivity index (χ1v) is 8.29. The molecule has 1 aromatic rings. The lowest BCUT2D eigenvalue weighted by molar-refractivity contribution is 0.253. The summed E-state index contributed by atoms with van der Waals surface area (Å²) in [6, 6.07) is 4.16. The lowest BCUT2D eigenvalue weighted by Crippen LogP contribution is -2.32. The first-order chi connectivity index (χ1) is 10.9. The molecule has 1 spiro atoms. The Morgan fingerprint density at radius 1 is 1.17 bits per heavy atom. The summed E-state index contributed by atoms with van der Waals surface area (Å²) in [4.78, 5) is 4.57. The summed E-state index contributed by atoms with van der Waals surface area (Å²) in [5, 5.41) is 8.77. The molecule has 2 heterocycles. The second-order valence-corrected chi connectivity index (χ2v) is 7.45. The van der Waals surface area contributed by atoms with Crippen LogP contribution < -0.4 is 4.90 Å². The van der Waals surface area contributed by atoms with Crippen LogP contribution in [0, 0.1) is 34.3 Å². The van der Waals surface area contributed by atoms with Gasteiger partial charge in [0, 0.05) is 37.3 Å². The van der Waals surface area contributed by atoms with Gasteiger partial charge in [-0.05, 0) is 37.4 Å². The van der Waals surface area contributed by atoms with Crippen molar-refractivity contribution in [3.8, 4) is 6.07 Å². The summed E-state index contributed by atoms with van der Waals surface area (Å²) in [6.45, 7) is 9.42. The first-order valence-electron chi connectivity index (χ1n) is 8.29. The van der Waals surface area contributed by atoms with Gasteiger partial charge in [-0.2, -0.15) is 5.26 Å². The second-order valence-electron chi connectivity index (χ2n) is 7.45. The molecule has 3 rings (SSSR count). The van der Waals surface area contributed by atoms with Gasteiger partial charge in [0.2, 0.25) is 0 Å². The van der Waals surface area contributed by atoms with Gasteiger partial charge in [-0.3, -0.25) is 0 Å². The predicted molar refractivity (Wildman–Crippen MR) is 86.2 cm³/mol. The van der Waals surface area contributed by atoms with Crippen LogP contribution in [0.15, 0.2) is 12.1 Å². The third-order valence-corrected chi connectivity index (χ3v) is 5.08. The van der Waals surface area contributed by atoms with E-state index in [0.29, 0.717) is 11.6 Å². The van der Waals surface area contributed by atoms with Crippen molar-refractivity contribution in [2.24, 2.45) is 11.3 Å². The van der Waals surface area contributed by atoms with E-state index in [2.05, 4.69) is 23.6 Å². The summed E-state index contributed by atoms with van der Waals surface area (Å²) in [6.07, 6.45) is 2.21. The van der Waals surface area contributed by atoms with Gasteiger partial charge in [-0.1, -0.05) is 13.8 Å². The SMILES string of the molecule is CC(C)CN1CCC2(CCN(c3cc(F)c(C#N)c(F)c3)C2)C1. The fraction of sp³-hybridized carbons (Fsp3) is 0.611. The molecular formula is C18H23F2N3. The Hall–Kier alpha value is -1.67. The lowest BCUT2D eigenvalue weighted by atomic mass is 9.86. The molecule has 5 heteroatoms. The van der Waals surface area contributed by atoms with E-state index in [9.17, 15) is 8.78 Å². The Morgan fingerprint density at radius 2 is 1.83 bits per heavy atom. The van der Waals surface area contributed by atoms with Gasteiger partial charge < -0.3 is 9.80 Å². The summed E-state index contributed by atoms with van der Waals surface area (Å²) < 4.78 is 27.7. The second kappa shape index (κ2) is 6.09. The molecule has 2 saturated heterocycles.